The Bertz CT molecular complexity index is 230. The molecule has 1 N–H and O–H groups in total. The standard InChI is InChI=1S/C8H11NO2.ClH/c1-10-8-6-4-3-5-7(8)9-11-2;/h3-6,9H,1-2H3;1H. The number of para-hydroxylation sites is 2. The number of ether oxygens (including phenoxy) is 1. The van der Waals surface area contributed by atoms with Gasteiger partial charge in [-0.15, -0.1) is 12.4 Å². The Balaban J connectivity index is 0.00000121. The van der Waals surface area contributed by atoms with E-state index in [2.05, 4.69) is 5.48 Å². The molecule has 0 heterocycles. The largest absolute Gasteiger partial charge is 0.495 e. The molecule has 1 rings (SSSR count). The average molecular weight is 190 g/mol. The molecule has 1 aromatic rings. The molecule has 3 nitrogen and oxygen atoms in total. The summed E-state index contributed by atoms with van der Waals surface area (Å²) >= 11 is 0. The summed E-state index contributed by atoms with van der Waals surface area (Å²) in [5.41, 5.74) is 3.53. The molecule has 0 unspecified atom stereocenters. The first-order chi connectivity index (χ1) is 5.38. The van der Waals surface area contributed by atoms with Crippen molar-refractivity contribution in [2.75, 3.05) is 19.7 Å². The van der Waals surface area contributed by atoms with Gasteiger partial charge < -0.3 is 4.74 Å². The lowest BCUT2D eigenvalue weighted by Gasteiger charge is -2.07. The second-order valence-corrected chi connectivity index (χ2v) is 2.01. The van der Waals surface area contributed by atoms with E-state index in [0.717, 1.165) is 11.4 Å². The van der Waals surface area contributed by atoms with Crippen molar-refractivity contribution in [1.82, 2.24) is 0 Å². The zero-order chi connectivity index (χ0) is 8.10. The smallest absolute Gasteiger partial charge is 0.144 e. The number of methoxy groups -OCH3 is 1. The van der Waals surface area contributed by atoms with Crippen LogP contribution in [0.4, 0.5) is 5.69 Å². The lowest BCUT2D eigenvalue weighted by Crippen LogP contribution is -1.97. The van der Waals surface area contributed by atoms with Gasteiger partial charge in [-0.1, -0.05) is 12.1 Å². The van der Waals surface area contributed by atoms with Gasteiger partial charge in [0.05, 0.1) is 14.2 Å². The van der Waals surface area contributed by atoms with Gasteiger partial charge in [0.15, 0.2) is 0 Å². The fourth-order valence-electron chi connectivity index (χ4n) is 0.839. The van der Waals surface area contributed by atoms with Crippen LogP contribution in [-0.2, 0) is 4.84 Å². The summed E-state index contributed by atoms with van der Waals surface area (Å²) in [5.74, 6) is 0.773. The average Bonchev–Trinajstić information content (AvgIpc) is 2.06. The molecule has 0 saturated carbocycles. The van der Waals surface area contributed by atoms with E-state index in [1.54, 1.807) is 14.2 Å². The highest BCUT2D eigenvalue weighted by Gasteiger charge is 1.97. The van der Waals surface area contributed by atoms with Crippen molar-refractivity contribution >= 4 is 18.1 Å². The summed E-state index contributed by atoms with van der Waals surface area (Å²) in [6.07, 6.45) is 0. The van der Waals surface area contributed by atoms with Crippen LogP contribution in [0.2, 0.25) is 0 Å². The third-order valence-electron chi connectivity index (χ3n) is 1.32. The van der Waals surface area contributed by atoms with Crippen LogP contribution in [0.15, 0.2) is 24.3 Å². The maximum Gasteiger partial charge on any atom is 0.144 e. The number of hydrogen-bond acceptors (Lipinski definition) is 3. The Labute approximate surface area is 78.0 Å². The molecule has 0 radical (unpaired) electrons. The number of hydrogen-bond donors (Lipinski definition) is 1. The summed E-state index contributed by atoms with van der Waals surface area (Å²) in [6.45, 7) is 0. The van der Waals surface area contributed by atoms with E-state index < -0.39 is 0 Å². The van der Waals surface area contributed by atoms with E-state index in [0.29, 0.717) is 0 Å². The minimum absolute atomic E-state index is 0. The lowest BCUT2D eigenvalue weighted by molar-refractivity contribution is 0.268. The Morgan fingerprint density at radius 3 is 2.42 bits per heavy atom. The van der Waals surface area contributed by atoms with E-state index in [1.807, 2.05) is 24.3 Å². The minimum atomic E-state index is 0. The molecule has 68 valence electrons. The van der Waals surface area contributed by atoms with E-state index in [-0.39, 0.29) is 12.4 Å². The van der Waals surface area contributed by atoms with Gasteiger partial charge in [-0.3, -0.25) is 10.3 Å². The van der Waals surface area contributed by atoms with Crippen molar-refractivity contribution < 1.29 is 9.57 Å². The predicted octanol–water partition coefficient (Wildman–Crippen LogP) is 2.09. The van der Waals surface area contributed by atoms with E-state index in [4.69, 9.17) is 9.57 Å². The molecule has 1 aromatic carbocycles. The van der Waals surface area contributed by atoms with E-state index in [1.165, 1.54) is 0 Å². The molecule has 0 aliphatic carbocycles. The second kappa shape index (κ2) is 5.69. The first kappa shape index (κ1) is 11.1. The first-order valence-electron chi connectivity index (χ1n) is 3.30. The van der Waals surface area contributed by atoms with Crippen LogP contribution in [0.3, 0.4) is 0 Å². The monoisotopic (exact) mass is 189 g/mol. The highest BCUT2D eigenvalue weighted by molar-refractivity contribution is 5.85. The van der Waals surface area contributed by atoms with E-state index in [9.17, 15) is 0 Å². The van der Waals surface area contributed by atoms with E-state index >= 15 is 0 Å². The second-order valence-electron chi connectivity index (χ2n) is 2.01. The van der Waals surface area contributed by atoms with Crippen molar-refractivity contribution in [3.05, 3.63) is 24.3 Å². The van der Waals surface area contributed by atoms with Crippen LogP contribution in [0, 0.1) is 0 Å². The molecular formula is C8H12ClNO2. The number of rotatable bonds is 3. The fourth-order valence-corrected chi connectivity index (χ4v) is 0.839. The SMILES string of the molecule is CONc1ccccc1OC.Cl. The quantitative estimate of drug-likeness (QED) is 0.739. The lowest BCUT2D eigenvalue weighted by atomic mass is 10.3. The molecule has 0 fully saturated rings. The maximum absolute atomic E-state index is 5.06. The van der Waals surface area contributed by atoms with Crippen LogP contribution < -0.4 is 10.2 Å². The van der Waals surface area contributed by atoms with Gasteiger partial charge >= 0.3 is 0 Å². The maximum atomic E-state index is 5.06. The van der Waals surface area contributed by atoms with Gasteiger partial charge in [0.25, 0.3) is 0 Å². The molecule has 0 aromatic heterocycles. The summed E-state index contributed by atoms with van der Waals surface area (Å²) in [5, 5.41) is 0. The first-order valence-corrected chi connectivity index (χ1v) is 3.30. The van der Waals surface area contributed by atoms with Crippen molar-refractivity contribution in [3.8, 4) is 5.75 Å². The third-order valence-corrected chi connectivity index (χ3v) is 1.32. The Morgan fingerprint density at radius 1 is 1.17 bits per heavy atom. The Kier molecular flexibility index (Phi) is 5.25. The minimum Gasteiger partial charge on any atom is -0.495 e. The molecule has 0 aliphatic rings. The van der Waals surface area contributed by atoms with Crippen LogP contribution in [0.1, 0.15) is 0 Å². The molecule has 0 spiro atoms. The van der Waals surface area contributed by atoms with Gasteiger partial charge in [-0.2, -0.15) is 0 Å². The predicted molar refractivity (Wildman–Crippen MR) is 50.9 cm³/mol. The summed E-state index contributed by atoms with van der Waals surface area (Å²) in [6, 6.07) is 7.55. The number of halogens is 1. The van der Waals surface area contributed by atoms with Crippen LogP contribution in [0.5, 0.6) is 5.75 Å². The van der Waals surface area contributed by atoms with Gasteiger partial charge in [0.2, 0.25) is 0 Å². The summed E-state index contributed by atoms with van der Waals surface area (Å²) in [7, 11) is 3.18. The van der Waals surface area contributed by atoms with Crippen LogP contribution >= 0.6 is 12.4 Å². The summed E-state index contributed by atoms with van der Waals surface area (Å²) < 4.78 is 5.06. The molecule has 0 bridgehead atoms. The number of anilines is 1. The van der Waals surface area contributed by atoms with Gasteiger partial charge in [-0.25, -0.2) is 0 Å². The third kappa shape index (κ3) is 2.60. The molecular weight excluding hydrogens is 178 g/mol. The number of benzene rings is 1. The molecule has 12 heavy (non-hydrogen) atoms. The zero-order valence-electron chi connectivity index (χ0n) is 7.03. The van der Waals surface area contributed by atoms with Gasteiger partial charge in [0, 0.05) is 0 Å². The fraction of sp³-hybridized carbons (Fsp3) is 0.250. The van der Waals surface area contributed by atoms with Crippen molar-refractivity contribution in [2.45, 2.75) is 0 Å². The topological polar surface area (TPSA) is 30.5 Å². The van der Waals surface area contributed by atoms with Crippen molar-refractivity contribution in [1.29, 1.82) is 0 Å². The highest BCUT2D eigenvalue weighted by Crippen LogP contribution is 2.22. The molecule has 0 saturated heterocycles. The van der Waals surface area contributed by atoms with Gasteiger partial charge in [-0.05, 0) is 12.1 Å². The number of nitrogens with one attached hydrogen (secondary N) is 1. The molecule has 0 aliphatic heterocycles. The molecule has 4 heteroatoms. The molecule has 0 atom stereocenters. The zero-order valence-corrected chi connectivity index (χ0v) is 7.85. The Hall–Kier alpha value is -0.930. The normalized spacial score (nSPS) is 8.50. The van der Waals surface area contributed by atoms with Crippen molar-refractivity contribution in [3.63, 3.8) is 0 Å². The Morgan fingerprint density at radius 2 is 1.83 bits per heavy atom. The molecule has 0 amide bonds. The van der Waals surface area contributed by atoms with Crippen LogP contribution in [0.25, 0.3) is 0 Å². The van der Waals surface area contributed by atoms with Gasteiger partial charge in [0.1, 0.15) is 11.4 Å². The summed E-state index contributed by atoms with van der Waals surface area (Å²) in [4.78, 5) is 4.74. The van der Waals surface area contributed by atoms with Crippen molar-refractivity contribution in [2.24, 2.45) is 0 Å². The highest BCUT2D eigenvalue weighted by atomic mass is 35.5. The van der Waals surface area contributed by atoms with Crippen LogP contribution in [-0.4, -0.2) is 14.2 Å².